The van der Waals surface area contributed by atoms with E-state index in [2.05, 4.69) is 21.7 Å². The van der Waals surface area contributed by atoms with Crippen molar-refractivity contribution in [3.05, 3.63) is 60.5 Å². The van der Waals surface area contributed by atoms with Crippen LogP contribution < -0.4 is 10.0 Å². The Kier molecular flexibility index (Phi) is 7.39. The van der Waals surface area contributed by atoms with Gasteiger partial charge in [-0.25, -0.2) is 13.1 Å². The van der Waals surface area contributed by atoms with E-state index in [4.69, 9.17) is 0 Å². The number of carbonyl (C=O) groups excluding carboxylic acids is 1. The van der Waals surface area contributed by atoms with Gasteiger partial charge in [0.2, 0.25) is 0 Å². The molecule has 1 amide bonds. The second kappa shape index (κ2) is 10.1. The molecule has 1 atom stereocenters. The fraction of sp³-hybridized carbons (Fsp3) is 0.304. The molecule has 3 rings (SSSR count). The van der Waals surface area contributed by atoms with Gasteiger partial charge in [-0.05, 0) is 44.2 Å². The molecule has 0 spiro atoms. The molecule has 0 fully saturated rings. The van der Waals surface area contributed by atoms with Gasteiger partial charge in [0.05, 0.1) is 11.2 Å². The van der Waals surface area contributed by atoms with E-state index >= 15 is 0 Å². The maximum absolute atomic E-state index is 12.5. The quantitative estimate of drug-likeness (QED) is 0.238. The van der Waals surface area contributed by atoms with Gasteiger partial charge >= 0.3 is 0 Å². The Morgan fingerprint density at radius 3 is 2.79 bits per heavy atom. The number of amides is 1. The standard InChI is InChI=1S/C23H29N5O4S/c1-5-7-13-24-22(6-2)33(31,32)26-21(30)11-10-19-16(3)25-27(4)23(19)28-14-12-17-8-9-18(29)15-20(17)28/h6,8-12,14-15,22,24,29H,2,5,7,13H2,1,3-4H3,(H,26,30)/b11-10+. The maximum atomic E-state index is 12.5. The average Bonchev–Trinajstić information content (AvgIpc) is 3.27. The average molecular weight is 472 g/mol. The van der Waals surface area contributed by atoms with Gasteiger partial charge in [0.25, 0.3) is 15.9 Å². The van der Waals surface area contributed by atoms with Gasteiger partial charge in [-0.3, -0.25) is 14.8 Å². The topological polar surface area (TPSA) is 118 Å². The van der Waals surface area contributed by atoms with Crippen molar-refractivity contribution in [2.45, 2.75) is 32.1 Å². The molecule has 1 aromatic carbocycles. The summed E-state index contributed by atoms with van der Waals surface area (Å²) < 4.78 is 30.7. The zero-order valence-corrected chi connectivity index (χ0v) is 19.8. The largest absolute Gasteiger partial charge is 0.508 e. The van der Waals surface area contributed by atoms with E-state index in [1.54, 1.807) is 30.8 Å². The fourth-order valence-electron chi connectivity index (χ4n) is 3.58. The molecule has 0 aliphatic heterocycles. The Bertz CT molecular complexity index is 1300. The molecule has 176 valence electrons. The van der Waals surface area contributed by atoms with Gasteiger partial charge in [-0.2, -0.15) is 5.10 Å². The molecule has 0 aliphatic rings. The van der Waals surface area contributed by atoms with Gasteiger partial charge in [0.15, 0.2) is 0 Å². The van der Waals surface area contributed by atoms with Crippen molar-refractivity contribution in [1.29, 1.82) is 0 Å². The van der Waals surface area contributed by atoms with Crippen molar-refractivity contribution in [1.82, 2.24) is 24.4 Å². The highest BCUT2D eigenvalue weighted by Gasteiger charge is 2.23. The highest BCUT2D eigenvalue weighted by Crippen LogP contribution is 2.27. The van der Waals surface area contributed by atoms with E-state index in [9.17, 15) is 18.3 Å². The predicted molar refractivity (Wildman–Crippen MR) is 129 cm³/mol. The van der Waals surface area contributed by atoms with Crippen LogP contribution >= 0.6 is 0 Å². The number of hydrogen-bond donors (Lipinski definition) is 3. The number of benzene rings is 1. The number of unbranched alkanes of at least 4 members (excludes halogenated alkanes) is 1. The first-order valence-electron chi connectivity index (χ1n) is 10.6. The Labute approximate surface area is 193 Å². The van der Waals surface area contributed by atoms with Crippen LogP contribution in [0.2, 0.25) is 0 Å². The molecule has 33 heavy (non-hydrogen) atoms. The van der Waals surface area contributed by atoms with Crippen molar-refractivity contribution in [2.75, 3.05) is 6.54 Å². The molecule has 3 N–H and O–H groups in total. The van der Waals surface area contributed by atoms with Crippen LogP contribution in [0.15, 0.2) is 49.2 Å². The number of phenols is 1. The van der Waals surface area contributed by atoms with E-state index < -0.39 is 21.3 Å². The van der Waals surface area contributed by atoms with Crippen LogP contribution in [-0.4, -0.2) is 45.7 Å². The number of sulfonamides is 1. The normalized spacial score (nSPS) is 12.9. The summed E-state index contributed by atoms with van der Waals surface area (Å²) in [7, 11) is -2.21. The van der Waals surface area contributed by atoms with Gasteiger partial charge in [0, 0.05) is 36.3 Å². The summed E-state index contributed by atoms with van der Waals surface area (Å²) in [5, 5.41) is 17.1. The number of nitrogens with zero attached hydrogens (tertiary/aromatic N) is 3. The predicted octanol–water partition coefficient (Wildman–Crippen LogP) is 2.74. The minimum absolute atomic E-state index is 0.132. The van der Waals surface area contributed by atoms with Crippen LogP contribution in [0.5, 0.6) is 5.75 Å². The van der Waals surface area contributed by atoms with Gasteiger partial charge in [-0.1, -0.05) is 19.4 Å². The van der Waals surface area contributed by atoms with Crippen molar-refractivity contribution in [3.63, 3.8) is 0 Å². The summed E-state index contributed by atoms with van der Waals surface area (Å²) in [5.41, 5.74) is 2.07. The monoisotopic (exact) mass is 471 g/mol. The summed E-state index contributed by atoms with van der Waals surface area (Å²) in [4.78, 5) is 12.4. The minimum atomic E-state index is -3.98. The third-order valence-electron chi connectivity index (χ3n) is 5.21. The second-order valence-corrected chi connectivity index (χ2v) is 9.49. The molecule has 1 unspecified atom stereocenters. The number of aromatic nitrogens is 3. The number of rotatable bonds is 10. The number of aryl methyl sites for hydroxylation is 2. The lowest BCUT2D eigenvalue weighted by molar-refractivity contribution is -0.114. The molecule has 10 heteroatoms. The number of hydrogen-bond acceptors (Lipinski definition) is 6. The Hall–Kier alpha value is -3.37. The first kappa shape index (κ1) is 24.3. The van der Waals surface area contributed by atoms with Crippen LogP contribution in [0.4, 0.5) is 0 Å². The van der Waals surface area contributed by atoms with Crippen molar-refractivity contribution >= 4 is 32.9 Å². The molecule has 0 radical (unpaired) electrons. The number of aromatic hydroxyl groups is 1. The number of nitrogens with one attached hydrogen (secondary N) is 2. The molecule has 9 nitrogen and oxygen atoms in total. The van der Waals surface area contributed by atoms with Crippen molar-refractivity contribution in [3.8, 4) is 11.6 Å². The first-order chi connectivity index (χ1) is 15.7. The molecular formula is C23H29N5O4S. The summed E-state index contributed by atoms with van der Waals surface area (Å²) in [6.45, 7) is 7.84. The lowest BCUT2D eigenvalue weighted by atomic mass is 10.2. The van der Waals surface area contributed by atoms with E-state index in [1.165, 1.54) is 18.2 Å². The van der Waals surface area contributed by atoms with Crippen LogP contribution in [-0.2, 0) is 21.9 Å². The fourth-order valence-corrected chi connectivity index (χ4v) is 4.65. The van der Waals surface area contributed by atoms with Crippen LogP contribution in [0.3, 0.4) is 0 Å². The molecule has 2 aromatic heterocycles. The molecule has 2 heterocycles. The van der Waals surface area contributed by atoms with Crippen LogP contribution in [0, 0.1) is 6.92 Å². The van der Waals surface area contributed by atoms with E-state index in [0.29, 0.717) is 23.6 Å². The summed E-state index contributed by atoms with van der Waals surface area (Å²) in [5.74, 6) is 0.0286. The molecule has 0 saturated carbocycles. The maximum Gasteiger partial charge on any atom is 0.257 e. The molecule has 3 aromatic rings. The Morgan fingerprint density at radius 1 is 1.33 bits per heavy atom. The van der Waals surface area contributed by atoms with Crippen LogP contribution in [0.1, 0.15) is 31.0 Å². The van der Waals surface area contributed by atoms with E-state index in [0.717, 1.165) is 23.7 Å². The van der Waals surface area contributed by atoms with E-state index in [-0.39, 0.29) is 5.75 Å². The highest BCUT2D eigenvalue weighted by molar-refractivity contribution is 7.90. The SMILES string of the molecule is C=CC(NCCCC)S(=O)(=O)NC(=O)/C=C/c1c(C)nn(C)c1-n1ccc2ccc(O)cc21. The van der Waals surface area contributed by atoms with Gasteiger partial charge in [-0.15, -0.1) is 6.58 Å². The Morgan fingerprint density at radius 2 is 2.09 bits per heavy atom. The van der Waals surface area contributed by atoms with E-state index in [1.807, 2.05) is 29.8 Å². The highest BCUT2D eigenvalue weighted by atomic mass is 32.2. The Balaban J connectivity index is 1.87. The molecule has 0 saturated heterocycles. The number of carbonyl (C=O) groups is 1. The van der Waals surface area contributed by atoms with Crippen molar-refractivity contribution < 1.29 is 18.3 Å². The van der Waals surface area contributed by atoms with Crippen molar-refractivity contribution in [2.24, 2.45) is 7.05 Å². The summed E-state index contributed by atoms with van der Waals surface area (Å²) in [6, 6.07) is 6.97. The third-order valence-corrected chi connectivity index (χ3v) is 6.72. The number of fused-ring (bicyclic) bond motifs is 1. The molecule has 0 bridgehead atoms. The lowest BCUT2D eigenvalue weighted by Crippen LogP contribution is -2.44. The van der Waals surface area contributed by atoms with Crippen LogP contribution in [0.25, 0.3) is 22.8 Å². The lowest BCUT2D eigenvalue weighted by Gasteiger charge is -2.15. The molecule has 0 aliphatic carbocycles. The molecular weight excluding hydrogens is 442 g/mol. The van der Waals surface area contributed by atoms with Gasteiger partial charge in [0.1, 0.15) is 16.9 Å². The third kappa shape index (κ3) is 5.35. The minimum Gasteiger partial charge on any atom is -0.508 e. The summed E-state index contributed by atoms with van der Waals surface area (Å²) >= 11 is 0. The smallest absolute Gasteiger partial charge is 0.257 e. The van der Waals surface area contributed by atoms with Gasteiger partial charge < -0.3 is 9.67 Å². The number of phenolic OH excluding ortho intramolecular Hbond substituents is 1. The summed E-state index contributed by atoms with van der Waals surface area (Å²) in [6.07, 6.45) is 7.52. The second-order valence-electron chi connectivity index (χ2n) is 7.68. The first-order valence-corrected chi connectivity index (χ1v) is 12.2. The zero-order chi connectivity index (χ0) is 24.2. The zero-order valence-electron chi connectivity index (χ0n) is 18.9.